The van der Waals surface area contributed by atoms with Crippen molar-refractivity contribution in [3.63, 3.8) is 0 Å². The second kappa shape index (κ2) is 12.3. The summed E-state index contributed by atoms with van der Waals surface area (Å²) in [5, 5.41) is 27.4. The first-order chi connectivity index (χ1) is 16.9. The van der Waals surface area contributed by atoms with Gasteiger partial charge in [0.15, 0.2) is 6.10 Å². The molecule has 0 saturated carbocycles. The number of rotatable bonds is 10. The van der Waals surface area contributed by atoms with Gasteiger partial charge in [0.25, 0.3) is 5.91 Å². The third-order valence-corrected chi connectivity index (χ3v) is 5.45. The van der Waals surface area contributed by atoms with Gasteiger partial charge < -0.3 is 21.1 Å². The van der Waals surface area contributed by atoms with E-state index in [0.29, 0.717) is 5.69 Å². The van der Waals surface area contributed by atoms with Crippen molar-refractivity contribution in [2.24, 2.45) is 0 Å². The number of hydrogen-bond acceptors (Lipinski definition) is 6. The van der Waals surface area contributed by atoms with Crippen molar-refractivity contribution in [3.05, 3.63) is 90.5 Å². The van der Waals surface area contributed by atoms with Crippen LogP contribution in [-0.4, -0.2) is 53.3 Å². The van der Waals surface area contributed by atoms with Crippen molar-refractivity contribution < 1.29 is 24.7 Å². The molecule has 3 amide bonds. The molecule has 3 aromatic carbocycles. The standard InChI is InChI=1S/C26H28N4O5/c1-27-24(32)21(16-17-8-4-2-5-9-17)29-25(33)22(23(31)26(34)30-35)28-20-14-12-19(13-15-20)18-10-6-3-7-11-18/h2-15,21-23,28,31,35H,16H2,1H3,(H,27,32)(H,29,33)(H,30,34). The summed E-state index contributed by atoms with van der Waals surface area (Å²) in [6, 6.07) is 23.4. The number of nitrogens with one attached hydrogen (secondary N) is 4. The Hall–Kier alpha value is -4.21. The van der Waals surface area contributed by atoms with Crippen molar-refractivity contribution in [2.45, 2.75) is 24.6 Å². The zero-order chi connectivity index (χ0) is 25.2. The fraction of sp³-hybridized carbons (Fsp3) is 0.192. The van der Waals surface area contributed by atoms with E-state index in [4.69, 9.17) is 5.21 Å². The number of aliphatic hydroxyl groups is 1. The van der Waals surface area contributed by atoms with Crippen LogP contribution in [0.15, 0.2) is 84.9 Å². The third kappa shape index (κ3) is 6.89. The van der Waals surface area contributed by atoms with Crippen molar-refractivity contribution >= 4 is 23.4 Å². The minimum absolute atomic E-state index is 0.201. The summed E-state index contributed by atoms with van der Waals surface area (Å²) >= 11 is 0. The van der Waals surface area contributed by atoms with E-state index in [9.17, 15) is 19.5 Å². The Kier molecular flexibility index (Phi) is 8.94. The molecule has 3 unspecified atom stereocenters. The summed E-state index contributed by atoms with van der Waals surface area (Å²) in [5.74, 6) is -2.40. The number of carbonyl (C=O) groups is 3. The molecule has 0 heterocycles. The van der Waals surface area contributed by atoms with Crippen LogP contribution in [-0.2, 0) is 20.8 Å². The van der Waals surface area contributed by atoms with Crippen LogP contribution in [0.5, 0.6) is 0 Å². The van der Waals surface area contributed by atoms with Crippen LogP contribution in [0.2, 0.25) is 0 Å². The molecule has 182 valence electrons. The van der Waals surface area contributed by atoms with Gasteiger partial charge in [-0.05, 0) is 28.8 Å². The molecule has 0 fully saturated rings. The number of hydroxylamine groups is 1. The number of hydrogen-bond donors (Lipinski definition) is 6. The monoisotopic (exact) mass is 476 g/mol. The van der Waals surface area contributed by atoms with Gasteiger partial charge in [-0.3, -0.25) is 19.6 Å². The summed E-state index contributed by atoms with van der Waals surface area (Å²) in [4.78, 5) is 37.5. The van der Waals surface area contributed by atoms with E-state index < -0.39 is 35.9 Å². The number of aliphatic hydroxyl groups excluding tert-OH is 1. The molecular formula is C26H28N4O5. The third-order valence-electron chi connectivity index (χ3n) is 5.45. The lowest BCUT2D eigenvalue weighted by molar-refractivity contribution is -0.142. The van der Waals surface area contributed by atoms with Crippen LogP contribution >= 0.6 is 0 Å². The first-order valence-electron chi connectivity index (χ1n) is 11.0. The zero-order valence-electron chi connectivity index (χ0n) is 19.1. The first kappa shape index (κ1) is 25.4. The highest BCUT2D eigenvalue weighted by atomic mass is 16.5. The maximum atomic E-state index is 13.1. The maximum Gasteiger partial charge on any atom is 0.274 e. The Labute approximate surface area is 203 Å². The van der Waals surface area contributed by atoms with E-state index in [0.717, 1.165) is 16.7 Å². The van der Waals surface area contributed by atoms with E-state index in [1.165, 1.54) is 12.5 Å². The molecule has 0 aliphatic rings. The highest BCUT2D eigenvalue weighted by Crippen LogP contribution is 2.22. The topological polar surface area (TPSA) is 140 Å². The molecule has 3 atom stereocenters. The largest absolute Gasteiger partial charge is 0.380 e. The fourth-order valence-corrected chi connectivity index (χ4v) is 3.57. The number of anilines is 1. The van der Waals surface area contributed by atoms with Crippen LogP contribution in [0.1, 0.15) is 5.56 Å². The van der Waals surface area contributed by atoms with E-state index >= 15 is 0 Å². The lowest BCUT2D eigenvalue weighted by Crippen LogP contribution is -2.57. The molecule has 0 aromatic heterocycles. The average Bonchev–Trinajstić information content (AvgIpc) is 2.91. The Morgan fingerprint density at radius 1 is 0.771 bits per heavy atom. The van der Waals surface area contributed by atoms with Gasteiger partial charge >= 0.3 is 0 Å². The molecule has 6 N–H and O–H groups in total. The van der Waals surface area contributed by atoms with E-state index in [-0.39, 0.29) is 6.42 Å². The maximum absolute atomic E-state index is 13.1. The predicted octanol–water partition coefficient (Wildman–Crippen LogP) is 1.47. The Bertz CT molecular complexity index is 1120. The Morgan fingerprint density at radius 3 is 1.91 bits per heavy atom. The molecule has 0 bridgehead atoms. The van der Waals surface area contributed by atoms with Gasteiger partial charge in [-0.2, -0.15) is 0 Å². The van der Waals surface area contributed by atoms with Gasteiger partial charge in [0, 0.05) is 19.2 Å². The van der Waals surface area contributed by atoms with Crippen LogP contribution in [0, 0.1) is 0 Å². The molecule has 0 aliphatic carbocycles. The SMILES string of the molecule is CNC(=O)C(Cc1ccccc1)NC(=O)C(Nc1ccc(-c2ccccc2)cc1)C(O)C(=O)NO. The van der Waals surface area contributed by atoms with Gasteiger partial charge in [0.2, 0.25) is 11.8 Å². The van der Waals surface area contributed by atoms with Crippen molar-refractivity contribution in [1.82, 2.24) is 16.1 Å². The van der Waals surface area contributed by atoms with Gasteiger partial charge in [-0.25, -0.2) is 5.48 Å². The molecule has 3 aromatic rings. The normalized spacial score (nSPS) is 13.1. The highest BCUT2D eigenvalue weighted by molar-refractivity contribution is 5.96. The Morgan fingerprint density at radius 2 is 1.34 bits per heavy atom. The average molecular weight is 477 g/mol. The van der Waals surface area contributed by atoms with Crippen molar-refractivity contribution in [2.75, 3.05) is 12.4 Å². The van der Waals surface area contributed by atoms with Gasteiger partial charge in [0.05, 0.1) is 0 Å². The zero-order valence-corrected chi connectivity index (χ0v) is 19.1. The molecule has 0 spiro atoms. The quantitative estimate of drug-likeness (QED) is 0.194. The van der Waals surface area contributed by atoms with Crippen LogP contribution < -0.4 is 21.4 Å². The predicted molar refractivity (Wildman–Crippen MR) is 131 cm³/mol. The Balaban J connectivity index is 1.80. The lowest BCUT2D eigenvalue weighted by atomic mass is 10.0. The summed E-state index contributed by atoms with van der Waals surface area (Å²) in [6.07, 6.45) is -1.73. The lowest BCUT2D eigenvalue weighted by Gasteiger charge is -2.26. The number of benzene rings is 3. The number of likely N-dealkylation sites (N-methyl/N-ethyl adjacent to an activating group) is 1. The smallest absolute Gasteiger partial charge is 0.274 e. The summed E-state index contributed by atoms with van der Waals surface area (Å²) in [5.41, 5.74) is 4.56. The van der Waals surface area contributed by atoms with Crippen molar-refractivity contribution in [3.8, 4) is 11.1 Å². The molecule has 0 radical (unpaired) electrons. The second-order valence-corrected chi connectivity index (χ2v) is 7.85. The van der Waals surface area contributed by atoms with Gasteiger partial charge in [-0.1, -0.05) is 72.8 Å². The second-order valence-electron chi connectivity index (χ2n) is 7.85. The first-order valence-corrected chi connectivity index (χ1v) is 11.0. The van der Waals surface area contributed by atoms with Gasteiger partial charge in [0.1, 0.15) is 12.1 Å². The molecule has 35 heavy (non-hydrogen) atoms. The van der Waals surface area contributed by atoms with E-state index in [2.05, 4.69) is 16.0 Å². The van der Waals surface area contributed by atoms with Crippen LogP contribution in [0.25, 0.3) is 11.1 Å². The summed E-state index contributed by atoms with van der Waals surface area (Å²) in [6.45, 7) is 0. The van der Waals surface area contributed by atoms with Crippen molar-refractivity contribution in [1.29, 1.82) is 0 Å². The molecular weight excluding hydrogens is 448 g/mol. The van der Waals surface area contributed by atoms with Gasteiger partial charge in [-0.15, -0.1) is 0 Å². The number of carbonyl (C=O) groups excluding carboxylic acids is 3. The molecule has 0 aliphatic heterocycles. The van der Waals surface area contributed by atoms with Crippen LogP contribution in [0.4, 0.5) is 5.69 Å². The molecule has 3 rings (SSSR count). The molecule has 9 nitrogen and oxygen atoms in total. The minimum Gasteiger partial charge on any atom is -0.380 e. The number of amides is 3. The molecule has 0 saturated heterocycles. The molecule has 9 heteroatoms. The minimum atomic E-state index is -1.93. The van der Waals surface area contributed by atoms with E-state index in [1.54, 1.807) is 12.1 Å². The van der Waals surface area contributed by atoms with E-state index in [1.807, 2.05) is 72.8 Å². The summed E-state index contributed by atoms with van der Waals surface area (Å²) < 4.78 is 0. The fourth-order valence-electron chi connectivity index (χ4n) is 3.57. The highest BCUT2D eigenvalue weighted by Gasteiger charge is 2.34. The van der Waals surface area contributed by atoms with Crippen LogP contribution in [0.3, 0.4) is 0 Å². The summed E-state index contributed by atoms with van der Waals surface area (Å²) in [7, 11) is 1.45.